The zero-order valence-electron chi connectivity index (χ0n) is 34.5. The molecule has 3 saturated heterocycles. The Morgan fingerprint density at radius 2 is 1.29 bits per heavy atom. The standard InChI is InChI=1S/C38H70N2O18S/c1-4-5-6-7-8-9-10-11-12-13-14-15-16-17-18-19-28(44)39-37-38(49,40-24(3)43)35(57-36-33(48)32(47)30(45)23(2)53-36)34(27(22-42)55-37)56-29-20-25(58-59(50,51)52)31(46)26(21-41)54-29/h23,25-27,29-37,41-42,45-49H,4-22H2,1-3H3,(H,39,44)(H,40,43)(H,50,51,52)/t23-,25+,26+,27+,29-,30+,31+,32+,33-,34+,35-,36-,37+,38+/m0/s1. The minimum atomic E-state index is -5.14. The monoisotopic (exact) mass is 874 g/mol. The van der Waals surface area contributed by atoms with E-state index in [0.29, 0.717) is 6.42 Å². The summed E-state index contributed by atoms with van der Waals surface area (Å²) in [5, 5.41) is 79.7. The number of unbranched alkanes of at least 4 members (excludes halogenated alkanes) is 14. The van der Waals surface area contributed by atoms with Crippen LogP contribution in [0.4, 0.5) is 0 Å². The summed E-state index contributed by atoms with van der Waals surface area (Å²) in [5.41, 5.74) is -2.80. The normalized spacial score (nSPS) is 35.3. The first-order chi connectivity index (χ1) is 27.9. The molecule has 3 aliphatic heterocycles. The average molecular weight is 875 g/mol. The summed E-state index contributed by atoms with van der Waals surface area (Å²) in [5.74, 6) is -1.47. The highest BCUT2D eigenvalue weighted by Gasteiger charge is 2.61. The molecule has 3 heterocycles. The fraction of sp³-hybridized carbons (Fsp3) is 0.947. The van der Waals surface area contributed by atoms with E-state index in [1.165, 1.54) is 64.7 Å². The van der Waals surface area contributed by atoms with Gasteiger partial charge in [-0.3, -0.25) is 14.1 Å². The van der Waals surface area contributed by atoms with Crippen LogP contribution in [-0.4, -0.2) is 159 Å². The van der Waals surface area contributed by atoms with Crippen molar-refractivity contribution >= 4 is 22.2 Å². The molecule has 21 heteroatoms. The average Bonchev–Trinajstić information content (AvgIpc) is 3.17. The molecule has 0 aromatic heterocycles. The van der Waals surface area contributed by atoms with Crippen LogP contribution in [0.3, 0.4) is 0 Å². The van der Waals surface area contributed by atoms with Crippen LogP contribution in [0.2, 0.25) is 0 Å². The van der Waals surface area contributed by atoms with Crippen LogP contribution in [0.15, 0.2) is 0 Å². The smallest absolute Gasteiger partial charge is 0.394 e. The Morgan fingerprint density at radius 3 is 1.80 bits per heavy atom. The molecule has 0 spiro atoms. The van der Waals surface area contributed by atoms with Crippen molar-refractivity contribution in [3.8, 4) is 0 Å². The van der Waals surface area contributed by atoms with Crippen molar-refractivity contribution in [1.82, 2.24) is 10.6 Å². The molecular formula is C38H70N2O18S. The second-order valence-corrected chi connectivity index (χ2v) is 17.0. The fourth-order valence-electron chi connectivity index (χ4n) is 7.71. The first-order valence-electron chi connectivity index (χ1n) is 21.1. The second-order valence-electron chi connectivity index (χ2n) is 15.9. The van der Waals surface area contributed by atoms with Gasteiger partial charge in [0.05, 0.1) is 19.3 Å². The molecule has 10 N–H and O–H groups in total. The Bertz CT molecular complexity index is 1350. The van der Waals surface area contributed by atoms with Crippen LogP contribution in [0, 0.1) is 0 Å². The van der Waals surface area contributed by atoms with E-state index >= 15 is 0 Å². The van der Waals surface area contributed by atoms with Gasteiger partial charge in [0.2, 0.25) is 17.5 Å². The first-order valence-corrected chi connectivity index (χ1v) is 22.5. The Balaban J connectivity index is 1.72. The number of hydrogen-bond donors (Lipinski definition) is 10. The van der Waals surface area contributed by atoms with Crippen LogP contribution in [0.5, 0.6) is 0 Å². The van der Waals surface area contributed by atoms with E-state index in [-0.39, 0.29) is 6.42 Å². The zero-order chi connectivity index (χ0) is 43.8. The lowest BCUT2D eigenvalue weighted by atomic mass is 9.90. The number of carbonyl (C=O) groups excluding carboxylic acids is 2. The maximum atomic E-state index is 13.3. The summed E-state index contributed by atoms with van der Waals surface area (Å²) in [6.07, 6.45) is -5.86. The molecule has 0 unspecified atom stereocenters. The summed E-state index contributed by atoms with van der Waals surface area (Å²) < 4.78 is 66.1. The van der Waals surface area contributed by atoms with Crippen molar-refractivity contribution in [3.05, 3.63) is 0 Å². The van der Waals surface area contributed by atoms with E-state index in [1.54, 1.807) is 0 Å². The van der Waals surface area contributed by atoms with Gasteiger partial charge >= 0.3 is 10.4 Å². The molecule has 3 fully saturated rings. The predicted molar refractivity (Wildman–Crippen MR) is 207 cm³/mol. The summed E-state index contributed by atoms with van der Waals surface area (Å²) >= 11 is 0. The molecule has 0 aromatic rings. The highest BCUT2D eigenvalue weighted by atomic mass is 32.3. The number of amides is 2. The Hall–Kier alpha value is -1.67. The molecule has 0 bridgehead atoms. The molecule has 0 saturated carbocycles. The number of hydrogen-bond acceptors (Lipinski definition) is 17. The van der Waals surface area contributed by atoms with E-state index in [2.05, 4.69) is 21.7 Å². The zero-order valence-corrected chi connectivity index (χ0v) is 35.3. The molecule has 3 rings (SSSR count). The van der Waals surface area contributed by atoms with Crippen molar-refractivity contribution in [2.45, 2.75) is 215 Å². The third-order valence-electron chi connectivity index (χ3n) is 11.0. The van der Waals surface area contributed by atoms with Crippen molar-refractivity contribution in [2.24, 2.45) is 0 Å². The van der Waals surface area contributed by atoms with Gasteiger partial charge in [-0.25, -0.2) is 4.18 Å². The van der Waals surface area contributed by atoms with E-state index < -0.39 is 127 Å². The number of ether oxygens (including phenoxy) is 5. The van der Waals surface area contributed by atoms with Gasteiger partial charge in [-0.2, -0.15) is 8.42 Å². The van der Waals surface area contributed by atoms with Gasteiger partial charge in [0, 0.05) is 19.8 Å². The molecule has 0 aromatic carbocycles. The Kier molecular flexibility index (Phi) is 22.3. The predicted octanol–water partition coefficient (Wildman–Crippen LogP) is 0.160. The van der Waals surface area contributed by atoms with Gasteiger partial charge in [0.25, 0.3) is 0 Å². The van der Waals surface area contributed by atoms with E-state index in [9.17, 15) is 58.3 Å². The maximum Gasteiger partial charge on any atom is 0.397 e. The van der Waals surface area contributed by atoms with Crippen molar-refractivity contribution in [2.75, 3.05) is 13.2 Å². The molecule has 0 radical (unpaired) electrons. The van der Waals surface area contributed by atoms with Crippen LogP contribution >= 0.6 is 0 Å². The fourth-order valence-corrected chi connectivity index (χ4v) is 8.22. The van der Waals surface area contributed by atoms with Crippen LogP contribution in [-0.2, 0) is 47.9 Å². The summed E-state index contributed by atoms with van der Waals surface area (Å²) in [4.78, 5) is 26.0. The minimum absolute atomic E-state index is 0.00546. The van der Waals surface area contributed by atoms with Crippen molar-refractivity contribution in [1.29, 1.82) is 0 Å². The number of nitrogens with one attached hydrogen (secondary N) is 2. The minimum Gasteiger partial charge on any atom is -0.394 e. The third-order valence-corrected chi connectivity index (χ3v) is 11.5. The number of aliphatic hydroxyl groups is 7. The van der Waals surface area contributed by atoms with Crippen LogP contribution in [0.25, 0.3) is 0 Å². The molecule has 20 nitrogen and oxygen atoms in total. The third kappa shape index (κ3) is 16.2. The summed E-state index contributed by atoms with van der Waals surface area (Å²) in [6, 6.07) is 0. The highest BCUT2D eigenvalue weighted by molar-refractivity contribution is 7.80. The maximum absolute atomic E-state index is 13.3. The van der Waals surface area contributed by atoms with Crippen molar-refractivity contribution < 1.29 is 86.2 Å². The lowest BCUT2D eigenvalue weighted by Gasteiger charge is -2.53. The lowest BCUT2D eigenvalue weighted by Crippen LogP contribution is -2.78. The van der Waals surface area contributed by atoms with E-state index in [0.717, 1.165) is 39.0 Å². The first kappa shape index (κ1) is 51.7. The molecule has 14 atom stereocenters. The van der Waals surface area contributed by atoms with Crippen LogP contribution in [0.1, 0.15) is 130 Å². The number of aliphatic hydroxyl groups excluding tert-OH is 6. The molecule has 346 valence electrons. The quantitative estimate of drug-likeness (QED) is 0.0314. The lowest BCUT2D eigenvalue weighted by molar-refractivity contribution is -0.380. The highest BCUT2D eigenvalue weighted by Crippen LogP contribution is 2.37. The van der Waals surface area contributed by atoms with Gasteiger partial charge in [0.1, 0.15) is 54.9 Å². The number of carbonyl (C=O) groups is 2. The molecule has 3 aliphatic rings. The second kappa shape index (κ2) is 25.4. The van der Waals surface area contributed by atoms with Gasteiger partial charge < -0.3 is 70.1 Å². The summed E-state index contributed by atoms with van der Waals surface area (Å²) in [7, 11) is -5.14. The van der Waals surface area contributed by atoms with Gasteiger partial charge in [0.15, 0.2) is 18.8 Å². The van der Waals surface area contributed by atoms with Gasteiger partial charge in [-0.15, -0.1) is 0 Å². The molecule has 59 heavy (non-hydrogen) atoms. The Morgan fingerprint density at radius 1 is 0.746 bits per heavy atom. The summed E-state index contributed by atoms with van der Waals surface area (Å²) in [6.45, 7) is 2.82. The van der Waals surface area contributed by atoms with Gasteiger partial charge in [-0.05, 0) is 13.3 Å². The van der Waals surface area contributed by atoms with Crippen LogP contribution < -0.4 is 10.6 Å². The molecular weight excluding hydrogens is 804 g/mol. The SMILES string of the molecule is CCCCCCCCCCCCCCCCCC(=O)N[C@@H]1O[C@H](CO)[C@@H](O[C@H]2C[C@@H](OS(=O)(=O)O)[C@@H](O)[C@@H](CO)O2)[C@H](O[C@@H]2O[C@@H](C)[C@@H](O)[C@@H](O)[C@@H]2O)[C@]1(O)NC(C)=O. The van der Waals surface area contributed by atoms with Gasteiger partial charge in [-0.1, -0.05) is 96.8 Å². The Labute approximate surface area is 347 Å². The molecule has 0 aliphatic carbocycles. The van der Waals surface area contributed by atoms with E-state index in [1.807, 2.05) is 0 Å². The molecule has 2 amide bonds. The largest absolute Gasteiger partial charge is 0.397 e. The topological polar surface area (TPSA) is 310 Å². The number of rotatable bonds is 26. The van der Waals surface area contributed by atoms with Crippen molar-refractivity contribution in [3.63, 3.8) is 0 Å². The van der Waals surface area contributed by atoms with E-state index in [4.69, 9.17) is 23.7 Å².